The van der Waals surface area contributed by atoms with Crippen molar-refractivity contribution in [3.8, 4) is 0 Å². The second kappa shape index (κ2) is 9.51. The quantitative estimate of drug-likeness (QED) is 0.553. The van der Waals surface area contributed by atoms with Gasteiger partial charge in [-0.1, -0.05) is 17.6 Å². The van der Waals surface area contributed by atoms with Crippen molar-refractivity contribution >= 4 is 23.3 Å². The summed E-state index contributed by atoms with van der Waals surface area (Å²) >= 11 is 0. The fraction of sp³-hybridized carbons (Fsp3) is 0.261. The summed E-state index contributed by atoms with van der Waals surface area (Å²) in [5.74, 6) is -2.33. The van der Waals surface area contributed by atoms with Gasteiger partial charge in [-0.2, -0.15) is 0 Å². The first kappa shape index (κ1) is 14.2. The number of rotatable bonds is 6. The SMILES string of the molecule is [2H]c1nc(NC([2H])([2H])c2c([2H])c(C)c([2H])c([2H])c2F)c(C(=N)c2nc(C)c(N(C)C(=O)OC)c(C)n2)c([2H])c1[2H]. The Bertz CT molecular complexity index is 1520. The van der Waals surface area contributed by atoms with Crippen LogP contribution in [0.4, 0.5) is 20.7 Å². The van der Waals surface area contributed by atoms with Crippen LogP contribution < -0.4 is 10.2 Å². The molecular weight excluding hydrogens is 411 g/mol. The summed E-state index contributed by atoms with van der Waals surface area (Å²) in [6, 6.07) is -3.55. The number of aryl methyl sites for hydroxylation is 2. The van der Waals surface area contributed by atoms with Crippen LogP contribution >= 0.6 is 0 Å². The number of methoxy groups -OCH3 is 1. The normalized spacial score (nSPS) is 14.6. The molecule has 3 aromatic rings. The number of pyridine rings is 1. The first-order valence-electron chi connectivity index (χ1n) is 13.2. The number of hydrogen-bond donors (Lipinski definition) is 2. The van der Waals surface area contributed by atoms with Gasteiger partial charge in [-0.3, -0.25) is 10.3 Å². The lowest BCUT2D eigenvalue weighted by Gasteiger charge is -2.20. The number of benzene rings is 1. The van der Waals surface area contributed by atoms with Gasteiger partial charge >= 0.3 is 6.09 Å². The molecule has 2 aromatic heterocycles. The monoisotopic (exact) mass is 444 g/mol. The van der Waals surface area contributed by atoms with Crippen molar-refractivity contribution in [2.75, 3.05) is 24.4 Å². The Balaban J connectivity index is 2.20. The van der Waals surface area contributed by atoms with E-state index in [1.807, 2.05) is 0 Å². The summed E-state index contributed by atoms with van der Waals surface area (Å²) in [5, 5.41) is 11.0. The number of amides is 1. The van der Waals surface area contributed by atoms with Crippen molar-refractivity contribution in [2.45, 2.75) is 27.3 Å². The van der Waals surface area contributed by atoms with E-state index in [0.717, 1.165) is 4.90 Å². The van der Waals surface area contributed by atoms with Crippen LogP contribution in [-0.4, -0.2) is 40.9 Å². The van der Waals surface area contributed by atoms with Gasteiger partial charge in [0.2, 0.25) is 0 Å². The average molecular weight is 445 g/mol. The minimum Gasteiger partial charge on any atom is -0.452 e. The number of hydrogen-bond acceptors (Lipinski definition) is 7. The Hall–Kier alpha value is -3.88. The van der Waals surface area contributed by atoms with Crippen LogP contribution in [0, 0.1) is 32.0 Å². The van der Waals surface area contributed by atoms with E-state index in [-0.39, 0.29) is 22.8 Å². The summed E-state index contributed by atoms with van der Waals surface area (Å²) in [5.41, 5.74) is -1.32. The van der Waals surface area contributed by atoms with Crippen LogP contribution in [0.3, 0.4) is 0 Å². The van der Waals surface area contributed by atoms with E-state index in [4.69, 9.17) is 21.1 Å². The molecule has 2 N–H and O–H groups in total. The lowest BCUT2D eigenvalue weighted by Crippen LogP contribution is -2.28. The number of nitrogens with zero attached hydrogens (tertiary/aromatic N) is 4. The molecule has 3 rings (SSSR count). The third-order valence-electron chi connectivity index (χ3n) is 4.34. The highest BCUT2D eigenvalue weighted by Gasteiger charge is 2.21. The van der Waals surface area contributed by atoms with E-state index < -0.39 is 77.4 Å². The second-order valence-electron chi connectivity index (χ2n) is 6.61. The Morgan fingerprint density at radius 3 is 2.62 bits per heavy atom. The molecule has 8 nitrogen and oxygen atoms in total. The van der Waals surface area contributed by atoms with E-state index in [1.54, 1.807) is 0 Å². The third kappa shape index (κ3) is 4.72. The molecule has 0 aliphatic rings. The predicted molar refractivity (Wildman–Crippen MR) is 121 cm³/mol. The highest BCUT2D eigenvalue weighted by Crippen LogP contribution is 2.24. The van der Waals surface area contributed by atoms with Crippen molar-refractivity contribution in [3.05, 3.63) is 76.1 Å². The number of anilines is 2. The van der Waals surface area contributed by atoms with Crippen LogP contribution in [-0.2, 0) is 11.2 Å². The maximum absolute atomic E-state index is 15.0. The van der Waals surface area contributed by atoms with Crippen LogP contribution in [0.1, 0.15) is 44.9 Å². The molecule has 2 heterocycles. The largest absolute Gasteiger partial charge is 0.452 e. The molecule has 0 unspecified atom stereocenters. The number of ether oxygens (including phenoxy) is 1. The molecule has 0 atom stereocenters. The number of nitrogens with one attached hydrogen (secondary N) is 2. The fourth-order valence-electron chi connectivity index (χ4n) is 2.90. The van der Waals surface area contributed by atoms with Crippen LogP contribution in [0.15, 0.2) is 36.4 Å². The first-order chi connectivity index (χ1) is 18.5. The van der Waals surface area contributed by atoms with Gasteiger partial charge in [-0.25, -0.2) is 24.1 Å². The molecule has 0 fully saturated rings. The standard InChI is InChI=1S/C23H25FN6O2/c1-13-8-9-18(24)16(11-13)12-27-21-17(7-6-10-26-21)19(25)22-28-14(2)20(15(3)29-22)30(4)23(31)32-5/h6-11,25H,12H2,1-5H3,(H,26,27)/i6D,7D,8D,9D,10D,11D,12D2. The Morgan fingerprint density at radius 1 is 1.28 bits per heavy atom. The molecular formula is C23H25FN6O2. The molecule has 0 aliphatic carbocycles. The highest BCUT2D eigenvalue weighted by molar-refractivity contribution is 6.11. The van der Waals surface area contributed by atoms with Crippen molar-refractivity contribution in [2.24, 2.45) is 0 Å². The fourth-order valence-corrected chi connectivity index (χ4v) is 2.90. The van der Waals surface area contributed by atoms with Crippen molar-refractivity contribution < 1.29 is 24.9 Å². The van der Waals surface area contributed by atoms with E-state index >= 15 is 0 Å². The molecule has 0 spiro atoms. The van der Waals surface area contributed by atoms with E-state index in [0.29, 0.717) is 5.69 Å². The van der Waals surface area contributed by atoms with Crippen LogP contribution in [0.2, 0.25) is 0 Å². The van der Waals surface area contributed by atoms with Gasteiger partial charge in [0.05, 0.1) is 35.2 Å². The van der Waals surface area contributed by atoms with Crippen molar-refractivity contribution in [1.29, 1.82) is 5.41 Å². The maximum Gasteiger partial charge on any atom is 0.413 e. The van der Waals surface area contributed by atoms with Crippen molar-refractivity contribution in [1.82, 2.24) is 15.0 Å². The van der Waals surface area contributed by atoms with Gasteiger partial charge < -0.3 is 10.1 Å². The number of carbonyl (C=O) groups is 1. The smallest absolute Gasteiger partial charge is 0.413 e. The lowest BCUT2D eigenvalue weighted by molar-refractivity contribution is 0.180. The molecule has 1 amide bonds. The minimum absolute atomic E-state index is 0.145. The maximum atomic E-state index is 15.0. The zero-order valence-electron chi connectivity index (χ0n) is 26.0. The summed E-state index contributed by atoms with van der Waals surface area (Å²) in [6.07, 6.45) is -1.44. The number of carbonyl (C=O) groups excluding carboxylic acids is 1. The molecule has 0 saturated heterocycles. The Labute approximate surface area is 197 Å². The summed E-state index contributed by atoms with van der Waals surface area (Å²) < 4.78 is 84.8. The average Bonchev–Trinajstić information content (AvgIpc) is 2.88. The number of aromatic nitrogens is 3. The Morgan fingerprint density at radius 2 is 1.97 bits per heavy atom. The zero-order valence-corrected chi connectivity index (χ0v) is 18.0. The highest BCUT2D eigenvalue weighted by atomic mass is 19.1. The van der Waals surface area contributed by atoms with Crippen LogP contribution in [0.25, 0.3) is 0 Å². The Kier molecular flexibility index (Phi) is 4.23. The first-order valence-corrected chi connectivity index (χ1v) is 9.24. The molecule has 1 aromatic carbocycles. The van der Waals surface area contributed by atoms with Crippen LogP contribution in [0.5, 0.6) is 0 Å². The topological polar surface area (TPSA) is 104 Å². The molecule has 166 valence electrons. The lowest BCUT2D eigenvalue weighted by atomic mass is 10.1. The van der Waals surface area contributed by atoms with Gasteiger partial charge in [0.1, 0.15) is 17.3 Å². The molecule has 0 saturated carbocycles. The van der Waals surface area contributed by atoms with Crippen molar-refractivity contribution in [3.63, 3.8) is 0 Å². The second-order valence-corrected chi connectivity index (χ2v) is 6.61. The summed E-state index contributed by atoms with van der Waals surface area (Å²) in [7, 11) is 2.63. The molecule has 0 radical (unpaired) electrons. The van der Waals surface area contributed by atoms with E-state index in [9.17, 15) is 9.18 Å². The minimum atomic E-state index is -2.97. The zero-order chi connectivity index (χ0) is 30.4. The van der Waals surface area contributed by atoms with E-state index in [2.05, 4.69) is 20.3 Å². The van der Waals surface area contributed by atoms with Gasteiger partial charge in [0.15, 0.2) is 5.82 Å². The molecule has 32 heavy (non-hydrogen) atoms. The molecule has 9 heteroatoms. The predicted octanol–water partition coefficient (Wildman–Crippen LogP) is 4.17. The molecule has 0 aliphatic heterocycles. The third-order valence-corrected chi connectivity index (χ3v) is 4.34. The summed E-state index contributed by atoms with van der Waals surface area (Å²) in [6.45, 7) is 1.37. The van der Waals surface area contributed by atoms with Gasteiger partial charge in [-0.05, 0) is 38.9 Å². The van der Waals surface area contributed by atoms with Gasteiger partial charge in [0.25, 0.3) is 0 Å². The van der Waals surface area contributed by atoms with Gasteiger partial charge in [0, 0.05) is 30.8 Å². The van der Waals surface area contributed by atoms with E-state index in [1.165, 1.54) is 34.9 Å². The number of halogens is 1. The molecule has 0 bridgehead atoms. The summed E-state index contributed by atoms with van der Waals surface area (Å²) in [4.78, 5) is 25.4. The van der Waals surface area contributed by atoms with Gasteiger partial charge in [-0.15, -0.1) is 0 Å².